The molecule has 0 radical (unpaired) electrons. The van der Waals surface area contributed by atoms with Crippen molar-refractivity contribution in [2.24, 2.45) is 0 Å². The van der Waals surface area contributed by atoms with Crippen molar-refractivity contribution in [3.05, 3.63) is 65.7 Å². The quantitative estimate of drug-likeness (QED) is 0.905. The Bertz CT molecular complexity index is 598. The summed E-state index contributed by atoms with van der Waals surface area (Å²) < 4.78 is 0. The molecule has 3 nitrogen and oxygen atoms in total. The fourth-order valence-corrected chi connectivity index (χ4v) is 2.71. The lowest BCUT2D eigenvalue weighted by Gasteiger charge is -2.38. The van der Waals surface area contributed by atoms with Crippen molar-refractivity contribution in [3.8, 4) is 6.07 Å². The molecule has 1 unspecified atom stereocenters. The number of nitrogens with one attached hydrogen (secondary N) is 1. The monoisotopic (exact) mass is 263 g/mol. The van der Waals surface area contributed by atoms with Crippen LogP contribution in [0.4, 0.5) is 5.69 Å². The van der Waals surface area contributed by atoms with Crippen LogP contribution in [0.25, 0.3) is 0 Å². The zero-order valence-corrected chi connectivity index (χ0v) is 11.3. The van der Waals surface area contributed by atoms with E-state index in [4.69, 9.17) is 5.26 Å². The third-order valence-electron chi connectivity index (χ3n) is 3.76. The van der Waals surface area contributed by atoms with Gasteiger partial charge in [-0.2, -0.15) is 5.26 Å². The van der Waals surface area contributed by atoms with Crippen LogP contribution in [0.5, 0.6) is 0 Å². The summed E-state index contributed by atoms with van der Waals surface area (Å²) in [5.74, 6) is 0. The second-order valence-electron chi connectivity index (χ2n) is 4.98. The van der Waals surface area contributed by atoms with Crippen molar-refractivity contribution < 1.29 is 0 Å². The number of nitriles is 1. The van der Waals surface area contributed by atoms with Crippen LogP contribution in [0.15, 0.2) is 54.6 Å². The molecule has 100 valence electrons. The Balaban J connectivity index is 1.90. The van der Waals surface area contributed by atoms with Crippen molar-refractivity contribution >= 4 is 5.69 Å². The highest BCUT2D eigenvalue weighted by Crippen LogP contribution is 2.28. The molecular weight excluding hydrogens is 246 g/mol. The summed E-state index contributed by atoms with van der Waals surface area (Å²) >= 11 is 0. The number of para-hydroxylation sites is 1. The summed E-state index contributed by atoms with van der Waals surface area (Å²) in [5, 5.41) is 12.4. The van der Waals surface area contributed by atoms with Crippen LogP contribution in [0.2, 0.25) is 0 Å². The first-order valence-corrected chi connectivity index (χ1v) is 6.91. The van der Waals surface area contributed by atoms with Crippen LogP contribution in [-0.2, 0) is 0 Å². The van der Waals surface area contributed by atoms with E-state index in [1.165, 1.54) is 11.3 Å². The van der Waals surface area contributed by atoms with Crippen LogP contribution < -0.4 is 10.2 Å². The van der Waals surface area contributed by atoms with Crippen molar-refractivity contribution in [2.45, 2.75) is 6.04 Å². The minimum Gasteiger partial charge on any atom is -0.362 e. The van der Waals surface area contributed by atoms with Gasteiger partial charge < -0.3 is 10.2 Å². The Morgan fingerprint density at radius 1 is 1.05 bits per heavy atom. The topological polar surface area (TPSA) is 39.1 Å². The zero-order chi connectivity index (χ0) is 13.8. The summed E-state index contributed by atoms with van der Waals surface area (Å²) in [6.45, 7) is 2.93. The molecule has 0 aliphatic carbocycles. The molecule has 20 heavy (non-hydrogen) atoms. The van der Waals surface area contributed by atoms with E-state index in [1.807, 2.05) is 18.2 Å². The molecule has 1 fully saturated rings. The molecule has 1 atom stereocenters. The molecule has 3 rings (SSSR count). The average molecular weight is 263 g/mol. The highest BCUT2D eigenvalue weighted by atomic mass is 15.2. The van der Waals surface area contributed by atoms with Gasteiger partial charge in [-0.3, -0.25) is 0 Å². The molecule has 3 heteroatoms. The minimum atomic E-state index is 0.318. The summed E-state index contributed by atoms with van der Waals surface area (Å²) in [4.78, 5) is 2.43. The van der Waals surface area contributed by atoms with Gasteiger partial charge in [0.05, 0.1) is 17.7 Å². The lowest BCUT2D eigenvalue weighted by molar-refractivity contribution is 0.490. The lowest BCUT2D eigenvalue weighted by Crippen LogP contribution is -2.46. The molecule has 0 bridgehead atoms. The highest BCUT2D eigenvalue weighted by Gasteiger charge is 2.23. The Morgan fingerprint density at radius 2 is 1.80 bits per heavy atom. The van der Waals surface area contributed by atoms with E-state index in [0.717, 1.165) is 19.6 Å². The van der Waals surface area contributed by atoms with E-state index in [2.05, 4.69) is 52.7 Å². The first-order valence-electron chi connectivity index (χ1n) is 6.91. The number of benzene rings is 2. The largest absolute Gasteiger partial charge is 0.362 e. The van der Waals surface area contributed by atoms with Gasteiger partial charge in [0, 0.05) is 25.3 Å². The standard InChI is InChI=1S/C17H17N3/c18-12-14-6-8-15(9-7-14)17-13-19-10-11-20(17)16-4-2-1-3-5-16/h1-9,17,19H,10-11,13H2. The van der Waals surface area contributed by atoms with Crippen LogP contribution in [0.3, 0.4) is 0 Å². The molecule has 0 spiro atoms. The Morgan fingerprint density at radius 3 is 2.50 bits per heavy atom. The molecule has 1 N–H and O–H groups in total. The fourth-order valence-electron chi connectivity index (χ4n) is 2.71. The minimum absolute atomic E-state index is 0.318. The highest BCUT2D eigenvalue weighted by molar-refractivity contribution is 5.50. The average Bonchev–Trinajstić information content (AvgIpc) is 2.56. The number of piperazine rings is 1. The van der Waals surface area contributed by atoms with Gasteiger partial charge in [-0.25, -0.2) is 0 Å². The van der Waals surface area contributed by atoms with Crippen LogP contribution in [-0.4, -0.2) is 19.6 Å². The number of rotatable bonds is 2. The van der Waals surface area contributed by atoms with E-state index in [9.17, 15) is 0 Å². The molecule has 1 aliphatic heterocycles. The smallest absolute Gasteiger partial charge is 0.0991 e. The van der Waals surface area contributed by atoms with E-state index >= 15 is 0 Å². The first kappa shape index (κ1) is 12.7. The van der Waals surface area contributed by atoms with Gasteiger partial charge in [0.1, 0.15) is 0 Å². The summed E-state index contributed by atoms with van der Waals surface area (Å²) in [5.41, 5.74) is 3.21. The normalized spacial score (nSPS) is 18.6. The third kappa shape index (κ3) is 2.52. The molecule has 1 aliphatic rings. The predicted molar refractivity (Wildman–Crippen MR) is 80.6 cm³/mol. The van der Waals surface area contributed by atoms with Crippen molar-refractivity contribution in [2.75, 3.05) is 24.5 Å². The lowest BCUT2D eigenvalue weighted by atomic mass is 10.0. The summed E-state index contributed by atoms with van der Waals surface area (Å²) in [6, 6.07) is 20.9. The Labute approximate surface area is 119 Å². The molecule has 1 saturated heterocycles. The molecule has 0 saturated carbocycles. The van der Waals surface area contributed by atoms with Crippen LogP contribution >= 0.6 is 0 Å². The maximum atomic E-state index is 8.90. The molecule has 0 aromatic heterocycles. The molecular formula is C17H17N3. The van der Waals surface area contributed by atoms with E-state index in [1.54, 1.807) is 0 Å². The van der Waals surface area contributed by atoms with E-state index in [0.29, 0.717) is 11.6 Å². The number of hydrogen-bond donors (Lipinski definition) is 1. The second-order valence-corrected chi connectivity index (χ2v) is 4.98. The van der Waals surface area contributed by atoms with E-state index in [-0.39, 0.29) is 0 Å². The third-order valence-corrected chi connectivity index (χ3v) is 3.76. The maximum Gasteiger partial charge on any atom is 0.0991 e. The van der Waals surface area contributed by atoms with Gasteiger partial charge in [-0.05, 0) is 29.8 Å². The number of anilines is 1. The molecule has 2 aromatic rings. The Hall–Kier alpha value is -2.31. The maximum absolute atomic E-state index is 8.90. The van der Waals surface area contributed by atoms with Crippen LogP contribution in [0, 0.1) is 11.3 Å². The number of hydrogen-bond acceptors (Lipinski definition) is 3. The van der Waals surface area contributed by atoms with Gasteiger partial charge in [-0.15, -0.1) is 0 Å². The summed E-state index contributed by atoms with van der Waals surface area (Å²) in [7, 11) is 0. The van der Waals surface area contributed by atoms with Gasteiger partial charge >= 0.3 is 0 Å². The van der Waals surface area contributed by atoms with Gasteiger partial charge in [0.15, 0.2) is 0 Å². The van der Waals surface area contributed by atoms with Gasteiger partial charge in [0.2, 0.25) is 0 Å². The summed E-state index contributed by atoms with van der Waals surface area (Å²) in [6.07, 6.45) is 0. The fraction of sp³-hybridized carbons (Fsp3) is 0.235. The Kier molecular flexibility index (Phi) is 3.67. The van der Waals surface area contributed by atoms with Gasteiger partial charge in [0.25, 0.3) is 0 Å². The zero-order valence-electron chi connectivity index (χ0n) is 11.3. The first-order chi connectivity index (χ1) is 9.88. The van der Waals surface area contributed by atoms with Crippen LogP contribution in [0.1, 0.15) is 17.2 Å². The number of nitrogens with zero attached hydrogens (tertiary/aromatic N) is 2. The van der Waals surface area contributed by atoms with Crippen molar-refractivity contribution in [1.82, 2.24) is 5.32 Å². The van der Waals surface area contributed by atoms with E-state index < -0.39 is 0 Å². The van der Waals surface area contributed by atoms with Crippen molar-refractivity contribution in [3.63, 3.8) is 0 Å². The molecule has 1 heterocycles. The molecule has 0 amide bonds. The molecule has 2 aromatic carbocycles. The predicted octanol–water partition coefficient (Wildman–Crippen LogP) is 2.71. The second kappa shape index (κ2) is 5.77. The SMILES string of the molecule is N#Cc1ccc(C2CNCCN2c2ccccc2)cc1. The van der Waals surface area contributed by atoms with Crippen molar-refractivity contribution in [1.29, 1.82) is 5.26 Å². The van der Waals surface area contributed by atoms with Gasteiger partial charge in [-0.1, -0.05) is 30.3 Å².